The number of rotatable bonds is 5. The summed E-state index contributed by atoms with van der Waals surface area (Å²) in [7, 11) is 0. The van der Waals surface area contributed by atoms with E-state index in [4.69, 9.17) is 0 Å². The van der Waals surface area contributed by atoms with Gasteiger partial charge >= 0.3 is 0 Å². The highest BCUT2D eigenvalue weighted by Gasteiger charge is 2.15. The van der Waals surface area contributed by atoms with E-state index in [1.165, 1.54) is 42.6 Å². The van der Waals surface area contributed by atoms with Crippen LogP contribution in [0.25, 0.3) is 0 Å². The first-order valence-corrected chi connectivity index (χ1v) is 6.93. The van der Waals surface area contributed by atoms with Crippen LogP contribution in [0.1, 0.15) is 37.8 Å². The fraction of sp³-hybridized carbons (Fsp3) is 0.600. The number of hydrogen-bond donors (Lipinski definition) is 1. The Balaban J connectivity index is 2.23. The normalized spacial score (nSPS) is 14.5. The van der Waals surface area contributed by atoms with Gasteiger partial charge in [-0.25, -0.2) is 0 Å². The van der Waals surface area contributed by atoms with Crippen LogP contribution in [-0.2, 0) is 13.0 Å². The van der Waals surface area contributed by atoms with Gasteiger partial charge in [-0.15, -0.1) is 0 Å². The summed E-state index contributed by atoms with van der Waals surface area (Å²) >= 11 is 0. The van der Waals surface area contributed by atoms with E-state index in [0.29, 0.717) is 0 Å². The third-order valence-corrected chi connectivity index (χ3v) is 3.63. The summed E-state index contributed by atoms with van der Waals surface area (Å²) in [4.78, 5) is 2.52. The van der Waals surface area contributed by atoms with Crippen molar-refractivity contribution in [1.82, 2.24) is 5.32 Å². The Labute approximate surface area is 105 Å². The van der Waals surface area contributed by atoms with E-state index in [2.05, 4.69) is 42.3 Å². The van der Waals surface area contributed by atoms with Crippen molar-refractivity contribution in [2.75, 3.05) is 24.5 Å². The number of benzene rings is 1. The van der Waals surface area contributed by atoms with Gasteiger partial charge in [0, 0.05) is 25.3 Å². The monoisotopic (exact) mass is 232 g/mol. The topological polar surface area (TPSA) is 15.3 Å². The summed E-state index contributed by atoms with van der Waals surface area (Å²) in [6, 6.07) is 6.78. The molecular weight excluding hydrogens is 208 g/mol. The molecule has 1 aliphatic rings. The Morgan fingerprint density at radius 2 is 2.18 bits per heavy atom. The first-order valence-electron chi connectivity index (χ1n) is 6.93. The first kappa shape index (κ1) is 12.4. The summed E-state index contributed by atoms with van der Waals surface area (Å²) < 4.78 is 0. The number of anilines is 1. The molecule has 1 N–H and O–H groups in total. The molecule has 0 bridgehead atoms. The zero-order valence-corrected chi connectivity index (χ0v) is 11.1. The lowest BCUT2D eigenvalue weighted by atomic mass is 9.98. The molecule has 17 heavy (non-hydrogen) atoms. The Bertz CT molecular complexity index is 360. The van der Waals surface area contributed by atoms with Crippen molar-refractivity contribution in [2.24, 2.45) is 0 Å². The molecule has 1 aromatic rings. The van der Waals surface area contributed by atoms with Crippen LogP contribution in [0.5, 0.6) is 0 Å². The minimum atomic E-state index is 1.04. The number of fused-ring (bicyclic) bond motifs is 1. The third kappa shape index (κ3) is 2.81. The van der Waals surface area contributed by atoms with Crippen molar-refractivity contribution in [3.8, 4) is 0 Å². The maximum absolute atomic E-state index is 3.49. The molecule has 0 amide bonds. The number of hydrogen-bond acceptors (Lipinski definition) is 2. The van der Waals surface area contributed by atoms with Gasteiger partial charge in [0.1, 0.15) is 0 Å². The molecule has 94 valence electrons. The van der Waals surface area contributed by atoms with Gasteiger partial charge in [-0.05, 0) is 43.5 Å². The SMILES string of the molecule is CCCCN(CC)c1cccc2c1CNCC2. The van der Waals surface area contributed by atoms with Crippen LogP contribution in [0, 0.1) is 0 Å². The quantitative estimate of drug-likeness (QED) is 0.839. The van der Waals surface area contributed by atoms with Crippen molar-refractivity contribution < 1.29 is 0 Å². The van der Waals surface area contributed by atoms with Gasteiger partial charge in [0.2, 0.25) is 0 Å². The van der Waals surface area contributed by atoms with E-state index >= 15 is 0 Å². The van der Waals surface area contributed by atoms with Gasteiger partial charge in [0.05, 0.1) is 0 Å². The number of nitrogens with one attached hydrogen (secondary N) is 1. The van der Waals surface area contributed by atoms with Crippen LogP contribution in [0.15, 0.2) is 18.2 Å². The molecule has 0 aliphatic carbocycles. The van der Waals surface area contributed by atoms with Gasteiger partial charge in [0.25, 0.3) is 0 Å². The zero-order chi connectivity index (χ0) is 12.1. The second-order valence-corrected chi connectivity index (χ2v) is 4.77. The molecule has 0 atom stereocenters. The van der Waals surface area contributed by atoms with E-state index in [1.807, 2.05) is 0 Å². The number of nitrogens with zero attached hydrogens (tertiary/aromatic N) is 1. The Kier molecular flexibility index (Phi) is 4.43. The van der Waals surface area contributed by atoms with E-state index in [0.717, 1.165) is 19.6 Å². The van der Waals surface area contributed by atoms with Crippen LogP contribution >= 0.6 is 0 Å². The van der Waals surface area contributed by atoms with Crippen LogP contribution in [0.2, 0.25) is 0 Å². The molecule has 0 fully saturated rings. The summed E-state index contributed by atoms with van der Waals surface area (Å²) in [6.07, 6.45) is 3.73. The molecule has 2 nitrogen and oxygen atoms in total. The molecule has 1 heterocycles. The van der Waals surface area contributed by atoms with Crippen LogP contribution < -0.4 is 10.2 Å². The van der Waals surface area contributed by atoms with Gasteiger partial charge in [0.15, 0.2) is 0 Å². The van der Waals surface area contributed by atoms with Crippen LogP contribution in [0.3, 0.4) is 0 Å². The molecule has 1 aromatic carbocycles. The van der Waals surface area contributed by atoms with E-state index in [9.17, 15) is 0 Å². The Hall–Kier alpha value is -1.02. The average molecular weight is 232 g/mol. The van der Waals surface area contributed by atoms with Gasteiger partial charge in [-0.1, -0.05) is 25.5 Å². The summed E-state index contributed by atoms with van der Waals surface area (Å²) in [5.41, 5.74) is 4.51. The highest BCUT2D eigenvalue weighted by Crippen LogP contribution is 2.26. The van der Waals surface area contributed by atoms with E-state index in [1.54, 1.807) is 0 Å². The van der Waals surface area contributed by atoms with Crippen molar-refractivity contribution >= 4 is 5.69 Å². The molecule has 0 radical (unpaired) electrons. The van der Waals surface area contributed by atoms with Gasteiger partial charge in [-0.2, -0.15) is 0 Å². The Morgan fingerprint density at radius 3 is 2.94 bits per heavy atom. The van der Waals surface area contributed by atoms with Gasteiger partial charge < -0.3 is 10.2 Å². The molecule has 2 heteroatoms. The fourth-order valence-corrected chi connectivity index (χ4v) is 2.59. The summed E-state index contributed by atoms with van der Waals surface area (Å²) in [5, 5.41) is 3.49. The lowest BCUT2D eigenvalue weighted by molar-refractivity contribution is 0.637. The Morgan fingerprint density at radius 1 is 1.29 bits per heavy atom. The largest absolute Gasteiger partial charge is 0.372 e. The van der Waals surface area contributed by atoms with E-state index < -0.39 is 0 Å². The zero-order valence-electron chi connectivity index (χ0n) is 11.1. The van der Waals surface area contributed by atoms with Crippen molar-refractivity contribution in [3.05, 3.63) is 29.3 Å². The van der Waals surface area contributed by atoms with Crippen LogP contribution in [0.4, 0.5) is 5.69 Å². The van der Waals surface area contributed by atoms with Crippen LogP contribution in [-0.4, -0.2) is 19.6 Å². The first-order chi connectivity index (χ1) is 8.36. The van der Waals surface area contributed by atoms with Crippen molar-refractivity contribution in [3.63, 3.8) is 0 Å². The highest BCUT2D eigenvalue weighted by atomic mass is 15.1. The lowest BCUT2D eigenvalue weighted by Crippen LogP contribution is -2.29. The molecule has 0 spiro atoms. The second kappa shape index (κ2) is 6.06. The average Bonchev–Trinajstić information content (AvgIpc) is 2.40. The van der Waals surface area contributed by atoms with Crippen molar-refractivity contribution in [2.45, 2.75) is 39.7 Å². The molecular formula is C15H24N2. The molecule has 0 aromatic heterocycles. The molecule has 0 saturated carbocycles. The molecule has 1 aliphatic heterocycles. The van der Waals surface area contributed by atoms with E-state index in [-0.39, 0.29) is 0 Å². The summed E-state index contributed by atoms with van der Waals surface area (Å²) in [5.74, 6) is 0. The molecule has 0 unspecified atom stereocenters. The minimum Gasteiger partial charge on any atom is -0.372 e. The van der Waals surface area contributed by atoms with Gasteiger partial charge in [-0.3, -0.25) is 0 Å². The third-order valence-electron chi connectivity index (χ3n) is 3.63. The maximum Gasteiger partial charge on any atom is 0.0414 e. The number of unbranched alkanes of at least 4 members (excludes halogenated alkanes) is 1. The highest BCUT2D eigenvalue weighted by molar-refractivity contribution is 5.57. The smallest absolute Gasteiger partial charge is 0.0414 e. The summed E-state index contributed by atoms with van der Waals surface area (Å²) in [6.45, 7) is 8.97. The predicted molar refractivity (Wildman–Crippen MR) is 74.6 cm³/mol. The predicted octanol–water partition coefficient (Wildman–Crippen LogP) is 2.96. The molecule has 2 rings (SSSR count). The fourth-order valence-electron chi connectivity index (χ4n) is 2.59. The standard InChI is InChI=1S/C15H24N2/c1-3-5-11-17(4-2)15-8-6-7-13-9-10-16-12-14(13)15/h6-8,16H,3-5,9-12H2,1-2H3. The lowest BCUT2D eigenvalue weighted by Gasteiger charge is -2.29. The van der Waals surface area contributed by atoms with Crippen molar-refractivity contribution in [1.29, 1.82) is 0 Å². The maximum atomic E-state index is 3.49. The molecule has 0 saturated heterocycles. The second-order valence-electron chi connectivity index (χ2n) is 4.77. The minimum absolute atomic E-state index is 1.04.